The maximum atomic E-state index is 11.2. The third-order valence-corrected chi connectivity index (χ3v) is 2.25. The molecule has 0 atom stereocenters. The minimum atomic E-state index is 0.0309. The molecule has 2 rings (SSSR count). The summed E-state index contributed by atoms with van der Waals surface area (Å²) in [6.07, 6.45) is 4.04. The van der Waals surface area contributed by atoms with Crippen LogP contribution in [0.2, 0.25) is 0 Å². The Morgan fingerprint density at radius 3 is 2.71 bits per heavy atom. The Labute approximate surface area is 102 Å². The van der Waals surface area contributed by atoms with E-state index in [1.54, 1.807) is 12.4 Å². The van der Waals surface area contributed by atoms with Gasteiger partial charge in [-0.3, -0.25) is 9.78 Å². The first-order valence-electron chi connectivity index (χ1n) is 5.93. The van der Waals surface area contributed by atoms with E-state index in [0.29, 0.717) is 6.42 Å². The zero-order valence-electron chi connectivity index (χ0n) is 10.5. The molecule has 0 aliphatic carbocycles. The molecule has 1 heterocycles. The predicted molar refractivity (Wildman–Crippen MR) is 72.0 cm³/mol. The van der Waals surface area contributed by atoms with Crippen LogP contribution in [0.3, 0.4) is 0 Å². The van der Waals surface area contributed by atoms with E-state index in [1.807, 2.05) is 45.0 Å². The van der Waals surface area contributed by atoms with Gasteiger partial charge in [0, 0.05) is 29.9 Å². The molecule has 90 valence electrons. The van der Waals surface area contributed by atoms with Crippen molar-refractivity contribution in [1.82, 2.24) is 4.98 Å². The number of carbonyl (C=O) groups excluding carboxylic acids is 1. The van der Waals surface area contributed by atoms with Gasteiger partial charge in [0.15, 0.2) is 0 Å². The number of benzene rings is 1. The van der Waals surface area contributed by atoms with Crippen molar-refractivity contribution in [1.29, 1.82) is 0 Å². The van der Waals surface area contributed by atoms with Gasteiger partial charge in [-0.1, -0.05) is 26.8 Å². The Hall–Kier alpha value is -1.90. The van der Waals surface area contributed by atoms with Crippen molar-refractivity contribution < 1.29 is 4.79 Å². The molecule has 0 saturated carbocycles. The average molecular weight is 230 g/mol. The second-order valence-electron chi connectivity index (χ2n) is 3.34. The number of hydrogen-bond donors (Lipinski definition) is 1. The van der Waals surface area contributed by atoms with Crippen molar-refractivity contribution in [2.75, 3.05) is 5.32 Å². The molecule has 1 amide bonds. The summed E-state index contributed by atoms with van der Waals surface area (Å²) < 4.78 is 0. The predicted octanol–water partition coefficient (Wildman–Crippen LogP) is 3.61. The normalized spacial score (nSPS) is 9.35. The minimum absolute atomic E-state index is 0.0309. The van der Waals surface area contributed by atoms with E-state index >= 15 is 0 Å². The zero-order chi connectivity index (χ0) is 12.7. The van der Waals surface area contributed by atoms with Crippen LogP contribution in [-0.2, 0) is 4.79 Å². The van der Waals surface area contributed by atoms with Gasteiger partial charge in [-0.05, 0) is 23.6 Å². The van der Waals surface area contributed by atoms with Gasteiger partial charge in [-0.2, -0.15) is 0 Å². The second-order valence-corrected chi connectivity index (χ2v) is 3.34. The summed E-state index contributed by atoms with van der Waals surface area (Å²) in [7, 11) is 0. The molecular formula is C14H18N2O. The van der Waals surface area contributed by atoms with Crippen molar-refractivity contribution >= 4 is 22.4 Å². The summed E-state index contributed by atoms with van der Waals surface area (Å²) in [5.74, 6) is 0.0309. The molecular weight excluding hydrogens is 212 g/mol. The molecule has 0 bridgehead atoms. The fourth-order valence-corrected chi connectivity index (χ4v) is 1.41. The van der Waals surface area contributed by atoms with Crippen molar-refractivity contribution in [3.63, 3.8) is 0 Å². The Kier molecular flexibility index (Phi) is 5.14. The van der Waals surface area contributed by atoms with Gasteiger partial charge in [0.05, 0.1) is 0 Å². The van der Waals surface area contributed by atoms with Crippen LogP contribution in [0.15, 0.2) is 36.7 Å². The fraction of sp³-hybridized carbons (Fsp3) is 0.286. The number of fused-ring (bicyclic) bond motifs is 1. The zero-order valence-corrected chi connectivity index (χ0v) is 10.5. The van der Waals surface area contributed by atoms with Gasteiger partial charge >= 0.3 is 0 Å². The Morgan fingerprint density at radius 1 is 1.24 bits per heavy atom. The molecule has 0 unspecified atom stereocenters. The summed E-state index contributed by atoms with van der Waals surface area (Å²) in [5, 5.41) is 4.98. The lowest BCUT2D eigenvalue weighted by atomic mass is 10.1. The molecule has 3 heteroatoms. The summed E-state index contributed by atoms with van der Waals surface area (Å²) in [5.41, 5.74) is 0.834. The van der Waals surface area contributed by atoms with Gasteiger partial charge < -0.3 is 5.32 Å². The molecule has 0 saturated heterocycles. The molecule has 17 heavy (non-hydrogen) atoms. The van der Waals surface area contributed by atoms with E-state index in [0.717, 1.165) is 16.5 Å². The number of nitrogens with zero attached hydrogens (tertiary/aromatic N) is 1. The van der Waals surface area contributed by atoms with Gasteiger partial charge in [0.2, 0.25) is 5.91 Å². The molecule has 1 N–H and O–H groups in total. The molecule has 0 spiro atoms. The lowest BCUT2D eigenvalue weighted by Gasteiger charge is -2.04. The highest BCUT2D eigenvalue weighted by atomic mass is 16.1. The first-order valence-corrected chi connectivity index (χ1v) is 5.93. The van der Waals surface area contributed by atoms with E-state index in [9.17, 15) is 4.79 Å². The quantitative estimate of drug-likeness (QED) is 0.856. The van der Waals surface area contributed by atoms with Gasteiger partial charge in [0.1, 0.15) is 0 Å². The number of rotatable bonds is 2. The molecule has 0 aliphatic heterocycles. The van der Waals surface area contributed by atoms with Crippen LogP contribution in [0.25, 0.3) is 10.8 Å². The lowest BCUT2D eigenvalue weighted by molar-refractivity contribution is -0.115. The first-order chi connectivity index (χ1) is 8.29. The van der Waals surface area contributed by atoms with Crippen molar-refractivity contribution in [2.45, 2.75) is 27.2 Å². The van der Waals surface area contributed by atoms with Crippen LogP contribution in [0.5, 0.6) is 0 Å². The maximum absolute atomic E-state index is 11.2. The van der Waals surface area contributed by atoms with Crippen LogP contribution in [0, 0.1) is 0 Å². The summed E-state index contributed by atoms with van der Waals surface area (Å²) in [6.45, 7) is 5.83. The van der Waals surface area contributed by atoms with E-state index < -0.39 is 0 Å². The molecule has 0 fully saturated rings. The number of anilines is 1. The topological polar surface area (TPSA) is 42.0 Å². The van der Waals surface area contributed by atoms with Crippen LogP contribution < -0.4 is 5.32 Å². The number of pyridine rings is 1. The van der Waals surface area contributed by atoms with Crippen LogP contribution >= 0.6 is 0 Å². The van der Waals surface area contributed by atoms with Crippen LogP contribution in [-0.4, -0.2) is 10.9 Å². The van der Waals surface area contributed by atoms with Gasteiger partial charge in [-0.15, -0.1) is 0 Å². The number of hydrogen-bond acceptors (Lipinski definition) is 2. The monoisotopic (exact) mass is 230 g/mol. The number of aromatic nitrogens is 1. The molecule has 2 aromatic rings. The van der Waals surface area contributed by atoms with Crippen molar-refractivity contribution in [2.24, 2.45) is 0 Å². The molecule has 0 aliphatic rings. The van der Waals surface area contributed by atoms with Gasteiger partial charge in [-0.25, -0.2) is 0 Å². The third kappa shape index (κ3) is 3.55. The minimum Gasteiger partial charge on any atom is -0.326 e. The summed E-state index contributed by atoms with van der Waals surface area (Å²) in [4.78, 5) is 15.2. The summed E-state index contributed by atoms with van der Waals surface area (Å²) in [6, 6.07) is 7.71. The molecule has 0 radical (unpaired) electrons. The SMILES string of the molecule is CC.CCC(=O)Nc1ccc2cnccc2c1. The van der Waals surface area contributed by atoms with E-state index in [1.165, 1.54) is 0 Å². The van der Waals surface area contributed by atoms with E-state index in [2.05, 4.69) is 10.3 Å². The molecule has 3 nitrogen and oxygen atoms in total. The Bertz CT molecular complexity index is 494. The van der Waals surface area contributed by atoms with Crippen LogP contribution in [0.4, 0.5) is 5.69 Å². The standard InChI is InChI=1S/C12H12N2O.C2H6/c1-2-12(15)14-11-4-3-10-8-13-6-5-9(10)7-11;1-2/h3-8H,2H2,1H3,(H,14,15);1-2H3. The average Bonchev–Trinajstić information content (AvgIpc) is 2.41. The van der Waals surface area contributed by atoms with Gasteiger partial charge in [0.25, 0.3) is 0 Å². The number of amides is 1. The fourth-order valence-electron chi connectivity index (χ4n) is 1.41. The first kappa shape index (κ1) is 13.2. The highest BCUT2D eigenvalue weighted by molar-refractivity contribution is 5.93. The third-order valence-electron chi connectivity index (χ3n) is 2.25. The maximum Gasteiger partial charge on any atom is 0.224 e. The van der Waals surface area contributed by atoms with Crippen LogP contribution in [0.1, 0.15) is 27.2 Å². The Balaban J connectivity index is 0.000000686. The largest absolute Gasteiger partial charge is 0.326 e. The summed E-state index contributed by atoms with van der Waals surface area (Å²) >= 11 is 0. The molecule has 1 aromatic carbocycles. The highest BCUT2D eigenvalue weighted by Gasteiger charge is 1.99. The molecule has 1 aromatic heterocycles. The Morgan fingerprint density at radius 2 is 2.00 bits per heavy atom. The number of nitrogens with one attached hydrogen (secondary N) is 1. The smallest absolute Gasteiger partial charge is 0.224 e. The lowest BCUT2D eigenvalue weighted by Crippen LogP contribution is -2.09. The van der Waals surface area contributed by atoms with E-state index in [4.69, 9.17) is 0 Å². The highest BCUT2D eigenvalue weighted by Crippen LogP contribution is 2.17. The van der Waals surface area contributed by atoms with Crippen molar-refractivity contribution in [3.05, 3.63) is 36.7 Å². The van der Waals surface area contributed by atoms with Crippen molar-refractivity contribution in [3.8, 4) is 0 Å². The number of carbonyl (C=O) groups is 1. The second kappa shape index (κ2) is 6.63. The van der Waals surface area contributed by atoms with E-state index in [-0.39, 0.29) is 5.91 Å².